The number of para-hydroxylation sites is 1. The highest BCUT2D eigenvalue weighted by atomic mass is 35.5. The summed E-state index contributed by atoms with van der Waals surface area (Å²) in [6.07, 6.45) is 0.415. The highest BCUT2D eigenvalue weighted by Gasteiger charge is 2.22. The van der Waals surface area contributed by atoms with Gasteiger partial charge in [-0.25, -0.2) is 0 Å². The van der Waals surface area contributed by atoms with Crippen LogP contribution in [0.5, 0.6) is 11.5 Å². The topological polar surface area (TPSA) is 138 Å². The lowest BCUT2D eigenvalue weighted by Crippen LogP contribution is -2.13. The van der Waals surface area contributed by atoms with Gasteiger partial charge in [-0.1, -0.05) is 60.5 Å². The molecule has 0 saturated heterocycles. The molecule has 12 heteroatoms. The van der Waals surface area contributed by atoms with E-state index in [4.69, 9.17) is 27.9 Å². The highest BCUT2D eigenvalue weighted by molar-refractivity contribution is 7.86. The molecule has 0 atom stereocenters. The Bertz CT molecular complexity index is 1710. The summed E-state index contributed by atoms with van der Waals surface area (Å²) >= 11 is 12.4. The minimum Gasteiger partial charge on any atom is -0.505 e. The number of carbonyl (C=O) groups excluding carboxylic acids is 1. The fourth-order valence-electron chi connectivity index (χ4n) is 3.84. The van der Waals surface area contributed by atoms with Crippen LogP contribution in [0.1, 0.15) is 22.8 Å². The number of phenolic OH excluding ortho intramolecular Hbond substituents is 1. The molecular formula is C26H21Cl2N3O6S. The van der Waals surface area contributed by atoms with E-state index in [-0.39, 0.29) is 38.4 Å². The standard InChI is InChI=1S/C26H21Cl2N3O6S/c1-3-14-12-22(38(34,35)36)21(13-19(14)28)30-31-23-16-8-5-4-7-15(16)11-17(24(23)32)26(33)29-20-10-6-9-18(27)25(20)37-2/h4-13,32H,3H2,1-2H3,(H,29,33)(H,34,35,36). The van der Waals surface area contributed by atoms with Gasteiger partial charge in [0.25, 0.3) is 16.0 Å². The quantitative estimate of drug-likeness (QED) is 0.156. The number of amides is 1. The van der Waals surface area contributed by atoms with Crippen molar-refractivity contribution in [2.24, 2.45) is 10.2 Å². The molecule has 38 heavy (non-hydrogen) atoms. The summed E-state index contributed by atoms with van der Waals surface area (Å²) in [4.78, 5) is 12.7. The molecule has 3 N–H and O–H groups in total. The second kappa shape index (κ2) is 11.0. The number of halogens is 2. The molecule has 0 saturated carbocycles. The molecule has 9 nitrogen and oxygen atoms in total. The van der Waals surface area contributed by atoms with Crippen LogP contribution in [-0.2, 0) is 16.5 Å². The average molecular weight is 574 g/mol. The Hall–Kier alpha value is -3.70. The number of aryl methyl sites for hydroxylation is 1. The number of benzene rings is 4. The molecule has 0 radical (unpaired) electrons. The van der Waals surface area contributed by atoms with Gasteiger partial charge in [-0.3, -0.25) is 9.35 Å². The second-order valence-electron chi connectivity index (χ2n) is 8.06. The molecule has 4 aromatic carbocycles. The summed E-state index contributed by atoms with van der Waals surface area (Å²) in [6, 6.07) is 15.6. The van der Waals surface area contributed by atoms with Crippen molar-refractivity contribution in [2.75, 3.05) is 12.4 Å². The Balaban J connectivity index is 1.85. The minimum atomic E-state index is -4.67. The van der Waals surface area contributed by atoms with Gasteiger partial charge in [0.1, 0.15) is 16.3 Å². The Morgan fingerprint density at radius 3 is 2.45 bits per heavy atom. The highest BCUT2D eigenvalue weighted by Crippen LogP contribution is 2.41. The van der Waals surface area contributed by atoms with Gasteiger partial charge in [-0.15, -0.1) is 10.2 Å². The van der Waals surface area contributed by atoms with Crippen molar-refractivity contribution in [1.82, 2.24) is 0 Å². The van der Waals surface area contributed by atoms with Crippen molar-refractivity contribution in [2.45, 2.75) is 18.2 Å². The van der Waals surface area contributed by atoms with Crippen molar-refractivity contribution in [3.05, 3.63) is 81.8 Å². The van der Waals surface area contributed by atoms with Crippen LogP contribution in [0.2, 0.25) is 10.0 Å². The lowest BCUT2D eigenvalue weighted by molar-refractivity contribution is 0.102. The van der Waals surface area contributed by atoms with Crippen LogP contribution in [-0.4, -0.2) is 31.1 Å². The van der Waals surface area contributed by atoms with Crippen LogP contribution in [0.4, 0.5) is 17.1 Å². The van der Waals surface area contributed by atoms with Gasteiger partial charge in [0.2, 0.25) is 0 Å². The molecule has 0 aliphatic rings. The number of aromatic hydroxyl groups is 1. The SMILES string of the molecule is CCc1cc(S(=O)(=O)O)c(N=Nc2c(O)c(C(=O)Nc3cccc(Cl)c3OC)cc3ccccc23)cc1Cl. The van der Waals surface area contributed by atoms with E-state index in [1.165, 1.54) is 25.3 Å². The third-order valence-corrected chi connectivity index (χ3v) is 7.24. The van der Waals surface area contributed by atoms with E-state index < -0.39 is 26.7 Å². The summed E-state index contributed by atoms with van der Waals surface area (Å²) in [7, 11) is -3.26. The first-order valence-electron chi connectivity index (χ1n) is 11.1. The van der Waals surface area contributed by atoms with Crippen LogP contribution in [0.15, 0.2) is 75.8 Å². The van der Waals surface area contributed by atoms with E-state index >= 15 is 0 Å². The van der Waals surface area contributed by atoms with Crippen molar-refractivity contribution in [3.63, 3.8) is 0 Å². The largest absolute Gasteiger partial charge is 0.505 e. The summed E-state index contributed by atoms with van der Waals surface area (Å²) < 4.78 is 39.0. The number of hydrogen-bond donors (Lipinski definition) is 3. The number of methoxy groups -OCH3 is 1. The van der Waals surface area contributed by atoms with E-state index in [0.717, 1.165) is 0 Å². The summed E-state index contributed by atoms with van der Waals surface area (Å²) in [6.45, 7) is 1.77. The molecule has 0 aliphatic heterocycles. The number of carbonyl (C=O) groups is 1. The number of phenols is 1. The van der Waals surface area contributed by atoms with Gasteiger partial charge in [-0.2, -0.15) is 8.42 Å². The Kier molecular flexibility index (Phi) is 7.89. The van der Waals surface area contributed by atoms with Crippen molar-refractivity contribution in [1.29, 1.82) is 0 Å². The van der Waals surface area contributed by atoms with Gasteiger partial charge >= 0.3 is 0 Å². The summed E-state index contributed by atoms with van der Waals surface area (Å²) in [5, 5.41) is 23.3. The molecule has 1 amide bonds. The first kappa shape index (κ1) is 27.3. The van der Waals surface area contributed by atoms with Crippen LogP contribution in [0.3, 0.4) is 0 Å². The molecule has 4 rings (SSSR count). The van der Waals surface area contributed by atoms with E-state index in [1.807, 2.05) is 0 Å². The van der Waals surface area contributed by atoms with Crippen LogP contribution < -0.4 is 10.1 Å². The van der Waals surface area contributed by atoms with E-state index in [0.29, 0.717) is 22.8 Å². The zero-order valence-electron chi connectivity index (χ0n) is 20.1. The number of fused-ring (bicyclic) bond motifs is 1. The van der Waals surface area contributed by atoms with E-state index in [2.05, 4.69) is 15.5 Å². The number of azo groups is 1. The number of nitrogens with one attached hydrogen (secondary N) is 1. The molecule has 0 bridgehead atoms. The van der Waals surface area contributed by atoms with Crippen molar-refractivity contribution in [3.8, 4) is 11.5 Å². The van der Waals surface area contributed by atoms with E-state index in [1.54, 1.807) is 49.4 Å². The fourth-order valence-corrected chi connectivity index (χ4v) is 5.04. The number of anilines is 1. The second-order valence-corrected chi connectivity index (χ2v) is 10.3. The fraction of sp³-hybridized carbons (Fsp3) is 0.115. The van der Waals surface area contributed by atoms with E-state index in [9.17, 15) is 22.9 Å². The lowest BCUT2D eigenvalue weighted by atomic mass is 10.0. The van der Waals surface area contributed by atoms with Crippen molar-refractivity contribution < 1.29 is 27.6 Å². The molecule has 0 fully saturated rings. The van der Waals surface area contributed by atoms with Crippen LogP contribution in [0, 0.1) is 0 Å². The zero-order valence-corrected chi connectivity index (χ0v) is 22.4. The smallest absolute Gasteiger partial charge is 0.296 e. The number of nitrogens with zero attached hydrogens (tertiary/aromatic N) is 2. The predicted octanol–water partition coefficient (Wildman–Crippen LogP) is 7.34. The Morgan fingerprint density at radius 2 is 1.76 bits per heavy atom. The summed E-state index contributed by atoms with van der Waals surface area (Å²) in [5.41, 5.74) is 0.305. The van der Waals surface area contributed by atoms with Gasteiger partial charge in [0.05, 0.1) is 23.4 Å². The van der Waals surface area contributed by atoms with Gasteiger partial charge in [-0.05, 0) is 47.7 Å². The molecule has 0 aromatic heterocycles. The first-order chi connectivity index (χ1) is 18.0. The van der Waals surface area contributed by atoms with Crippen LogP contribution in [0.25, 0.3) is 10.8 Å². The Morgan fingerprint density at radius 1 is 1.03 bits per heavy atom. The van der Waals surface area contributed by atoms with Gasteiger partial charge in [0, 0.05) is 10.4 Å². The maximum absolute atomic E-state index is 13.2. The van der Waals surface area contributed by atoms with Crippen molar-refractivity contribution >= 4 is 67.1 Å². The van der Waals surface area contributed by atoms with Gasteiger partial charge < -0.3 is 15.2 Å². The maximum Gasteiger partial charge on any atom is 0.296 e. The number of ether oxygens (including phenoxy) is 1. The minimum absolute atomic E-state index is 0.0942. The molecule has 0 spiro atoms. The van der Waals surface area contributed by atoms with Gasteiger partial charge in [0.15, 0.2) is 11.5 Å². The molecule has 0 heterocycles. The molecular weight excluding hydrogens is 553 g/mol. The number of rotatable bonds is 7. The molecule has 196 valence electrons. The summed E-state index contributed by atoms with van der Waals surface area (Å²) in [5.74, 6) is -0.942. The number of hydrogen-bond acceptors (Lipinski definition) is 7. The lowest BCUT2D eigenvalue weighted by Gasteiger charge is -2.14. The normalized spacial score (nSPS) is 11.7. The third kappa shape index (κ3) is 5.44. The third-order valence-electron chi connectivity index (χ3n) is 5.70. The molecule has 0 unspecified atom stereocenters. The van der Waals surface area contributed by atoms with Crippen LogP contribution >= 0.6 is 23.2 Å². The maximum atomic E-state index is 13.2. The average Bonchev–Trinajstić information content (AvgIpc) is 2.87. The molecule has 4 aromatic rings. The molecule has 0 aliphatic carbocycles. The Labute approximate surface area is 228 Å². The monoisotopic (exact) mass is 573 g/mol. The first-order valence-corrected chi connectivity index (χ1v) is 13.3. The predicted molar refractivity (Wildman–Crippen MR) is 146 cm³/mol. The zero-order chi connectivity index (χ0) is 27.6.